The number of rotatable bonds is 5. The Morgan fingerprint density at radius 3 is 2.37 bits per heavy atom. The molecule has 5 nitrogen and oxygen atoms in total. The number of hydrogen-bond donors (Lipinski definition) is 0. The van der Waals surface area contributed by atoms with E-state index in [2.05, 4.69) is 39.0 Å². The van der Waals surface area contributed by atoms with Crippen molar-refractivity contribution in [3.63, 3.8) is 0 Å². The van der Waals surface area contributed by atoms with Crippen molar-refractivity contribution in [2.45, 2.75) is 19.4 Å². The number of hydrogen-bond acceptors (Lipinski definition) is 4. The third kappa shape index (κ3) is 5.08. The van der Waals surface area contributed by atoms with E-state index in [-0.39, 0.29) is 5.92 Å². The van der Waals surface area contributed by atoms with Crippen LogP contribution in [0.1, 0.15) is 18.4 Å². The van der Waals surface area contributed by atoms with Crippen molar-refractivity contribution in [3.8, 4) is 5.75 Å². The van der Waals surface area contributed by atoms with E-state index in [9.17, 15) is 4.79 Å². The first-order valence-electron chi connectivity index (χ1n) is 10.8. The quantitative estimate of drug-likeness (QED) is 0.724. The van der Waals surface area contributed by atoms with Crippen LogP contribution in [-0.4, -0.2) is 62.1 Å². The highest BCUT2D eigenvalue weighted by molar-refractivity contribution is 6.30. The van der Waals surface area contributed by atoms with Gasteiger partial charge in [-0.25, -0.2) is 0 Å². The van der Waals surface area contributed by atoms with Gasteiger partial charge in [-0.3, -0.25) is 9.69 Å². The minimum Gasteiger partial charge on any atom is -0.497 e. The number of piperidine rings is 1. The van der Waals surface area contributed by atoms with Crippen LogP contribution in [0.15, 0.2) is 48.5 Å². The standard InChI is InChI=1S/C24H30ClN3O2/c1-30-23-10-8-22(9-11-23)27-13-15-28(16-14-27)24(29)20-3-2-12-26(18-20)17-19-4-6-21(25)7-5-19/h4-11,20H,2-3,12-18H2,1H3/t20-/m0/s1. The monoisotopic (exact) mass is 427 g/mol. The molecule has 2 aromatic carbocycles. The van der Waals surface area contributed by atoms with E-state index >= 15 is 0 Å². The number of methoxy groups -OCH3 is 1. The maximum absolute atomic E-state index is 13.2. The highest BCUT2D eigenvalue weighted by Crippen LogP contribution is 2.24. The van der Waals surface area contributed by atoms with Crippen molar-refractivity contribution in [1.82, 2.24) is 9.80 Å². The van der Waals surface area contributed by atoms with Crippen molar-refractivity contribution >= 4 is 23.2 Å². The summed E-state index contributed by atoms with van der Waals surface area (Å²) in [6.45, 7) is 6.11. The maximum Gasteiger partial charge on any atom is 0.227 e. The number of benzene rings is 2. The molecule has 4 rings (SSSR count). The molecule has 1 amide bonds. The molecule has 0 aliphatic carbocycles. The Kier molecular flexibility index (Phi) is 6.80. The summed E-state index contributed by atoms with van der Waals surface area (Å²) in [5, 5.41) is 0.763. The molecule has 0 aromatic heterocycles. The van der Waals surface area contributed by atoms with Crippen LogP contribution < -0.4 is 9.64 Å². The number of carbonyl (C=O) groups excluding carboxylic acids is 1. The molecule has 0 bridgehead atoms. The number of carbonyl (C=O) groups is 1. The molecule has 30 heavy (non-hydrogen) atoms. The number of likely N-dealkylation sites (tertiary alicyclic amines) is 1. The Hall–Kier alpha value is -2.24. The minimum atomic E-state index is 0.110. The number of nitrogens with zero attached hydrogens (tertiary/aromatic N) is 3. The van der Waals surface area contributed by atoms with Gasteiger partial charge in [-0.2, -0.15) is 0 Å². The van der Waals surface area contributed by atoms with Crippen molar-refractivity contribution in [2.24, 2.45) is 5.92 Å². The Bertz CT molecular complexity index is 833. The summed E-state index contributed by atoms with van der Waals surface area (Å²) in [5.41, 5.74) is 2.44. The summed E-state index contributed by atoms with van der Waals surface area (Å²) in [5.74, 6) is 1.30. The van der Waals surface area contributed by atoms with Crippen LogP contribution in [0, 0.1) is 5.92 Å². The zero-order chi connectivity index (χ0) is 20.9. The number of amides is 1. The second-order valence-corrected chi connectivity index (χ2v) is 8.65. The van der Waals surface area contributed by atoms with Gasteiger partial charge in [-0.1, -0.05) is 23.7 Å². The lowest BCUT2D eigenvalue weighted by atomic mass is 9.95. The molecule has 0 N–H and O–H groups in total. The van der Waals surface area contributed by atoms with Gasteiger partial charge in [0.2, 0.25) is 5.91 Å². The molecule has 6 heteroatoms. The summed E-state index contributed by atoms with van der Waals surface area (Å²) >= 11 is 6.00. The Morgan fingerprint density at radius 2 is 1.70 bits per heavy atom. The van der Waals surface area contributed by atoms with Crippen LogP contribution >= 0.6 is 11.6 Å². The number of anilines is 1. The van der Waals surface area contributed by atoms with Crippen LogP contribution in [0.5, 0.6) is 5.75 Å². The van der Waals surface area contributed by atoms with Crippen molar-refractivity contribution in [2.75, 3.05) is 51.3 Å². The van der Waals surface area contributed by atoms with Crippen molar-refractivity contribution in [3.05, 3.63) is 59.1 Å². The largest absolute Gasteiger partial charge is 0.497 e. The van der Waals surface area contributed by atoms with Crippen LogP contribution in [0.4, 0.5) is 5.69 Å². The second-order valence-electron chi connectivity index (χ2n) is 8.21. The predicted octanol–water partition coefficient (Wildman–Crippen LogP) is 3.91. The normalized spacial score (nSPS) is 20.3. The molecule has 0 radical (unpaired) electrons. The fourth-order valence-electron chi connectivity index (χ4n) is 4.49. The van der Waals surface area contributed by atoms with Crippen molar-refractivity contribution in [1.29, 1.82) is 0 Å². The lowest BCUT2D eigenvalue weighted by molar-refractivity contribution is -0.137. The molecule has 2 aromatic rings. The molecular weight excluding hydrogens is 398 g/mol. The van der Waals surface area contributed by atoms with Crippen LogP contribution in [0.25, 0.3) is 0 Å². The fraction of sp³-hybridized carbons (Fsp3) is 0.458. The highest BCUT2D eigenvalue weighted by Gasteiger charge is 2.31. The Morgan fingerprint density at radius 1 is 1.00 bits per heavy atom. The second kappa shape index (κ2) is 9.71. The first kappa shape index (κ1) is 21.0. The van der Waals surface area contributed by atoms with Gasteiger partial charge in [-0.05, 0) is 61.3 Å². The summed E-state index contributed by atoms with van der Waals surface area (Å²) in [6, 6.07) is 16.2. The van der Waals surface area contributed by atoms with E-state index in [0.29, 0.717) is 5.91 Å². The molecule has 1 atom stereocenters. The van der Waals surface area contributed by atoms with Crippen molar-refractivity contribution < 1.29 is 9.53 Å². The molecule has 2 saturated heterocycles. The number of halogens is 1. The summed E-state index contributed by atoms with van der Waals surface area (Å²) in [7, 11) is 1.68. The summed E-state index contributed by atoms with van der Waals surface area (Å²) in [6.07, 6.45) is 2.07. The third-order valence-corrected chi connectivity index (χ3v) is 6.46. The van der Waals surface area contributed by atoms with E-state index in [4.69, 9.17) is 16.3 Å². The van der Waals surface area contributed by atoms with Gasteiger partial charge in [0.05, 0.1) is 13.0 Å². The van der Waals surface area contributed by atoms with Gasteiger partial charge in [0, 0.05) is 50.0 Å². The van der Waals surface area contributed by atoms with Gasteiger partial charge in [0.1, 0.15) is 5.75 Å². The SMILES string of the molecule is COc1ccc(N2CCN(C(=O)[C@H]3CCCN(Cc4ccc(Cl)cc4)C3)CC2)cc1. The topological polar surface area (TPSA) is 36.0 Å². The molecule has 2 aliphatic rings. The van der Waals surface area contributed by atoms with Gasteiger partial charge < -0.3 is 14.5 Å². The smallest absolute Gasteiger partial charge is 0.227 e. The minimum absolute atomic E-state index is 0.110. The third-order valence-electron chi connectivity index (χ3n) is 6.20. The van der Waals surface area contributed by atoms with Crippen LogP contribution in [-0.2, 0) is 11.3 Å². The van der Waals surface area contributed by atoms with Crippen LogP contribution in [0.2, 0.25) is 5.02 Å². The molecule has 2 heterocycles. The summed E-state index contributed by atoms with van der Waals surface area (Å²) < 4.78 is 5.24. The van der Waals surface area contributed by atoms with E-state index in [1.165, 1.54) is 11.3 Å². The highest BCUT2D eigenvalue weighted by atomic mass is 35.5. The lowest BCUT2D eigenvalue weighted by Gasteiger charge is -2.39. The average Bonchev–Trinajstić information content (AvgIpc) is 2.80. The first-order valence-corrected chi connectivity index (χ1v) is 11.1. The predicted molar refractivity (Wildman–Crippen MR) is 121 cm³/mol. The van der Waals surface area contributed by atoms with E-state index in [1.807, 2.05) is 24.3 Å². The van der Waals surface area contributed by atoms with E-state index in [1.54, 1.807) is 7.11 Å². The first-order chi connectivity index (χ1) is 14.6. The maximum atomic E-state index is 13.2. The fourth-order valence-corrected chi connectivity index (χ4v) is 4.61. The zero-order valence-electron chi connectivity index (χ0n) is 17.6. The zero-order valence-corrected chi connectivity index (χ0v) is 18.4. The number of ether oxygens (including phenoxy) is 1. The van der Waals surface area contributed by atoms with E-state index in [0.717, 1.165) is 69.4 Å². The molecular formula is C24H30ClN3O2. The average molecular weight is 428 g/mol. The molecule has 0 saturated carbocycles. The Labute approximate surface area is 184 Å². The number of piperazine rings is 1. The molecule has 2 aliphatic heterocycles. The molecule has 2 fully saturated rings. The van der Waals surface area contributed by atoms with E-state index < -0.39 is 0 Å². The van der Waals surface area contributed by atoms with Gasteiger partial charge in [0.25, 0.3) is 0 Å². The molecule has 0 unspecified atom stereocenters. The van der Waals surface area contributed by atoms with Crippen LogP contribution in [0.3, 0.4) is 0 Å². The molecule has 0 spiro atoms. The summed E-state index contributed by atoms with van der Waals surface area (Å²) in [4.78, 5) is 20.0. The van der Waals surface area contributed by atoms with Gasteiger partial charge in [-0.15, -0.1) is 0 Å². The van der Waals surface area contributed by atoms with Gasteiger partial charge in [0.15, 0.2) is 0 Å². The Balaban J connectivity index is 1.29. The van der Waals surface area contributed by atoms with Gasteiger partial charge >= 0.3 is 0 Å². The molecule has 160 valence electrons. The lowest BCUT2D eigenvalue weighted by Crippen LogP contribution is -2.52.